The fourth-order valence-corrected chi connectivity index (χ4v) is 2.83. The molecule has 3 heterocycles. The van der Waals surface area contributed by atoms with Crippen LogP contribution >= 0.6 is 0 Å². The molecule has 2 N–H and O–H groups in total. The second kappa shape index (κ2) is 10.1. The Morgan fingerprint density at radius 2 is 2.11 bits per heavy atom. The standard InChI is InChI=1S/C18H29N7O2/c1-15-22-23-17(24(15)2)14-21-18(20-13-16-5-3-10-27-16)19-6-4-7-25-8-11-26-12-9-25/h3,5,10H,4,6-9,11-14H2,1-2H3,(H2,19,20,21). The molecule has 2 aromatic heterocycles. The summed E-state index contributed by atoms with van der Waals surface area (Å²) >= 11 is 0. The van der Waals surface area contributed by atoms with Gasteiger partial charge in [-0.05, 0) is 32.0 Å². The Kier molecular flexibility index (Phi) is 7.23. The van der Waals surface area contributed by atoms with E-state index in [0.717, 1.165) is 69.2 Å². The van der Waals surface area contributed by atoms with Crippen molar-refractivity contribution in [2.45, 2.75) is 26.4 Å². The van der Waals surface area contributed by atoms with Gasteiger partial charge >= 0.3 is 0 Å². The normalized spacial score (nSPS) is 15.9. The highest BCUT2D eigenvalue weighted by atomic mass is 16.5. The summed E-state index contributed by atoms with van der Waals surface area (Å²) in [5, 5.41) is 15.0. The smallest absolute Gasteiger partial charge is 0.192 e. The molecule has 0 bridgehead atoms. The molecule has 0 atom stereocenters. The predicted molar refractivity (Wildman–Crippen MR) is 102 cm³/mol. The number of morpholine rings is 1. The maximum atomic E-state index is 5.39. The molecule has 1 aliphatic rings. The summed E-state index contributed by atoms with van der Waals surface area (Å²) < 4.78 is 12.7. The number of hydrogen-bond acceptors (Lipinski definition) is 6. The molecule has 0 saturated carbocycles. The van der Waals surface area contributed by atoms with Gasteiger partial charge in [0.15, 0.2) is 11.8 Å². The quantitative estimate of drug-likeness (QED) is 0.398. The number of nitrogens with zero attached hydrogens (tertiary/aromatic N) is 5. The van der Waals surface area contributed by atoms with Crippen LogP contribution in [0, 0.1) is 6.92 Å². The Morgan fingerprint density at radius 1 is 1.26 bits per heavy atom. The lowest BCUT2D eigenvalue weighted by molar-refractivity contribution is 0.0376. The van der Waals surface area contributed by atoms with Crippen molar-refractivity contribution in [2.75, 3.05) is 39.4 Å². The molecule has 9 nitrogen and oxygen atoms in total. The van der Waals surface area contributed by atoms with Gasteiger partial charge in [0.2, 0.25) is 0 Å². The molecule has 27 heavy (non-hydrogen) atoms. The van der Waals surface area contributed by atoms with Crippen LogP contribution in [0.2, 0.25) is 0 Å². The van der Waals surface area contributed by atoms with E-state index in [-0.39, 0.29) is 0 Å². The van der Waals surface area contributed by atoms with Gasteiger partial charge in [-0.2, -0.15) is 0 Å². The summed E-state index contributed by atoms with van der Waals surface area (Å²) in [5.74, 6) is 3.32. The number of ether oxygens (including phenoxy) is 1. The van der Waals surface area contributed by atoms with Crippen LogP contribution in [-0.4, -0.2) is 65.0 Å². The zero-order valence-electron chi connectivity index (χ0n) is 16.1. The zero-order chi connectivity index (χ0) is 18.9. The predicted octanol–water partition coefficient (Wildman–Crippen LogP) is 0.674. The van der Waals surface area contributed by atoms with E-state index < -0.39 is 0 Å². The summed E-state index contributed by atoms with van der Waals surface area (Å²) in [4.78, 5) is 7.08. The monoisotopic (exact) mass is 375 g/mol. The summed E-state index contributed by atoms with van der Waals surface area (Å²) in [6, 6.07) is 3.82. The first-order valence-electron chi connectivity index (χ1n) is 9.42. The molecule has 0 aliphatic carbocycles. The number of furan rings is 1. The van der Waals surface area contributed by atoms with Gasteiger partial charge in [0.1, 0.15) is 18.1 Å². The maximum Gasteiger partial charge on any atom is 0.192 e. The third-order valence-electron chi connectivity index (χ3n) is 4.62. The highest BCUT2D eigenvalue weighted by Gasteiger charge is 2.10. The van der Waals surface area contributed by atoms with Crippen LogP contribution in [0.15, 0.2) is 27.8 Å². The third kappa shape index (κ3) is 6.07. The average molecular weight is 375 g/mol. The Balaban J connectivity index is 1.50. The van der Waals surface area contributed by atoms with Crippen molar-refractivity contribution in [1.29, 1.82) is 0 Å². The fourth-order valence-electron chi connectivity index (χ4n) is 2.83. The van der Waals surface area contributed by atoms with Crippen LogP contribution in [-0.2, 0) is 24.9 Å². The van der Waals surface area contributed by atoms with Gasteiger partial charge in [-0.25, -0.2) is 4.99 Å². The minimum Gasteiger partial charge on any atom is -0.467 e. The SMILES string of the molecule is Cc1nnc(CN=C(NCCCN2CCOCC2)NCc2ccco2)n1C. The van der Waals surface area contributed by atoms with Gasteiger partial charge in [-0.15, -0.1) is 10.2 Å². The molecule has 1 fully saturated rings. The van der Waals surface area contributed by atoms with E-state index in [1.165, 1.54) is 0 Å². The summed E-state index contributed by atoms with van der Waals surface area (Å²) in [7, 11) is 1.95. The lowest BCUT2D eigenvalue weighted by atomic mass is 10.3. The topological polar surface area (TPSA) is 92.7 Å². The lowest BCUT2D eigenvalue weighted by Crippen LogP contribution is -2.40. The Bertz CT molecular complexity index is 705. The van der Waals surface area contributed by atoms with E-state index in [1.807, 2.05) is 30.7 Å². The molecule has 1 aliphatic heterocycles. The van der Waals surface area contributed by atoms with Gasteiger partial charge in [-0.3, -0.25) is 4.90 Å². The number of aliphatic imine (C=N–C) groups is 1. The third-order valence-corrected chi connectivity index (χ3v) is 4.62. The van der Waals surface area contributed by atoms with Gasteiger partial charge in [0, 0.05) is 26.7 Å². The summed E-state index contributed by atoms with van der Waals surface area (Å²) in [6.07, 6.45) is 2.72. The first-order valence-corrected chi connectivity index (χ1v) is 9.42. The van der Waals surface area contributed by atoms with Crippen LogP contribution in [0.1, 0.15) is 23.8 Å². The van der Waals surface area contributed by atoms with Crippen molar-refractivity contribution >= 4 is 5.96 Å². The van der Waals surface area contributed by atoms with E-state index in [0.29, 0.717) is 13.1 Å². The van der Waals surface area contributed by atoms with Crippen molar-refractivity contribution in [3.8, 4) is 0 Å². The number of guanidine groups is 1. The van der Waals surface area contributed by atoms with Crippen molar-refractivity contribution in [3.05, 3.63) is 35.8 Å². The van der Waals surface area contributed by atoms with E-state index in [4.69, 9.17) is 9.15 Å². The van der Waals surface area contributed by atoms with E-state index >= 15 is 0 Å². The molecular formula is C18H29N7O2. The highest BCUT2D eigenvalue weighted by molar-refractivity contribution is 5.79. The molecule has 0 unspecified atom stereocenters. The van der Waals surface area contributed by atoms with Crippen molar-refractivity contribution in [3.63, 3.8) is 0 Å². The number of aryl methyl sites for hydroxylation is 1. The Hall–Kier alpha value is -2.39. The first-order chi connectivity index (χ1) is 13.2. The molecule has 148 valence electrons. The number of hydrogen-bond donors (Lipinski definition) is 2. The van der Waals surface area contributed by atoms with Crippen molar-refractivity contribution < 1.29 is 9.15 Å². The van der Waals surface area contributed by atoms with Crippen molar-refractivity contribution in [2.24, 2.45) is 12.0 Å². The molecule has 1 saturated heterocycles. The Morgan fingerprint density at radius 3 is 2.81 bits per heavy atom. The largest absolute Gasteiger partial charge is 0.467 e. The second-order valence-electron chi connectivity index (χ2n) is 6.55. The second-order valence-corrected chi connectivity index (χ2v) is 6.55. The van der Waals surface area contributed by atoms with Crippen LogP contribution in [0.25, 0.3) is 0 Å². The molecule has 9 heteroatoms. The summed E-state index contributed by atoms with van der Waals surface area (Å²) in [5.41, 5.74) is 0. The lowest BCUT2D eigenvalue weighted by Gasteiger charge is -2.26. The van der Waals surface area contributed by atoms with Gasteiger partial charge < -0.3 is 24.4 Å². The van der Waals surface area contributed by atoms with Crippen LogP contribution in [0.4, 0.5) is 0 Å². The molecule has 3 rings (SSSR count). The van der Waals surface area contributed by atoms with E-state index in [9.17, 15) is 0 Å². The molecule has 0 amide bonds. The molecule has 2 aromatic rings. The molecule has 0 aromatic carbocycles. The van der Waals surface area contributed by atoms with E-state index in [2.05, 4.69) is 30.7 Å². The molecule has 0 spiro atoms. The maximum absolute atomic E-state index is 5.39. The highest BCUT2D eigenvalue weighted by Crippen LogP contribution is 2.01. The minimum absolute atomic E-state index is 0.467. The number of aromatic nitrogens is 3. The average Bonchev–Trinajstić information content (AvgIpc) is 3.32. The van der Waals surface area contributed by atoms with Crippen LogP contribution in [0.5, 0.6) is 0 Å². The van der Waals surface area contributed by atoms with Crippen molar-refractivity contribution in [1.82, 2.24) is 30.3 Å². The Labute approximate surface area is 159 Å². The fraction of sp³-hybridized carbons (Fsp3) is 0.611. The van der Waals surface area contributed by atoms with Crippen LogP contribution < -0.4 is 10.6 Å². The van der Waals surface area contributed by atoms with E-state index in [1.54, 1.807) is 6.26 Å². The molecular weight excluding hydrogens is 346 g/mol. The molecule has 0 radical (unpaired) electrons. The van der Waals surface area contributed by atoms with Gasteiger partial charge in [-0.1, -0.05) is 0 Å². The number of rotatable bonds is 8. The summed E-state index contributed by atoms with van der Waals surface area (Å²) in [6.45, 7) is 8.59. The van der Waals surface area contributed by atoms with Crippen LogP contribution in [0.3, 0.4) is 0 Å². The van der Waals surface area contributed by atoms with Gasteiger partial charge in [0.25, 0.3) is 0 Å². The zero-order valence-corrected chi connectivity index (χ0v) is 16.1. The van der Waals surface area contributed by atoms with Gasteiger partial charge in [0.05, 0.1) is 26.0 Å². The number of nitrogens with one attached hydrogen (secondary N) is 2. The minimum atomic E-state index is 0.467. The first kappa shape index (κ1) is 19.4.